The number of aryl methyl sites for hydroxylation is 1. The van der Waals surface area contributed by atoms with E-state index in [4.69, 9.17) is 0 Å². The van der Waals surface area contributed by atoms with Gasteiger partial charge in [0.15, 0.2) is 5.78 Å². The Morgan fingerprint density at radius 2 is 1.90 bits per heavy atom. The first-order valence-corrected chi connectivity index (χ1v) is 10.1. The van der Waals surface area contributed by atoms with Crippen molar-refractivity contribution in [2.75, 3.05) is 13.1 Å². The molecule has 1 N–H and O–H groups in total. The Kier molecular flexibility index (Phi) is 4.80. The molecule has 0 atom stereocenters. The predicted molar refractivity (Wildman–Crippen MR) is 111 cm³/mol. The molecule has 4 aromatic heterocycles. The number of piperidine rings is 1. The maximum absolute atomic E-state index is 12.8. The summed E-state index contributed by atoms with van der Waals surface area (Å²) in [7, 11) is 1.82. The summed E-state index contributed by atoms with van der Waals surface area (Å²) < 4.78 is 3.57. The molecule has 9 heteroatoms. The molecule has 1 aliphatic heterocycles. The summed E-state index contributed by atoms with van der Waals surface area (Å²) in [6.45, 7) is 1.97. The van der Waals surface area contributed by atoms with Gasteiger partial charge in [-0.3, -0.25) is 24.1 Å². The fourth-order valence-electron chi connectivity index (χ4n) is 3.80. The van der Waals surface area contributed by atoms with Crippen LogP contribution in [0.3, 0.4) is 0 Å². The van der Waals surface area contributed by atoms with Crippen LogP contribution in [0.25, 0.3) is 22.2 Å². The summed E-state index contributed by atoms with van der Waals surface area (Å²) in [5, 5.41) is 17.7. The molecule has 0 amide bonds. The Labute approximate surface area is 173 Å². The number of pyridine rings is 2. The first-order valence-electron chi connectivity index (χ1n) is 10.1. The minimum Gasteiger partial charge on any atom is -0.317 e. The first kappa shape index (κ1) is 18.6. The molecule has 0 unspecified atom stereocenters. The van der Waals surface area contributed by atoms with E-state index in [9.17, 15) is 4.79 Å². The number of nitrogens with zero attached hydrogens (tertiary/aromatic N) is 7. The van der Waals surface area contributed by atoms with Crippen molar-refractivity contribution in [2.24, 2.45) is 7.05 Å². The average Bonchev–Trinajstić information content (AvgIpc) is 3.43. The van der Waals surface area contributed by atoms with Crippen molar-refractivity contribution >= 4 is 16.6 Å². The lowest BCUT2D eigenvalue weighted by molar-refractivity contribution is 0.0992. The van der Waals surface area contributed by atoms with Crippen LogP contribution < -0.4 is 5.32 Å². The molecule has 0 aliphatic carbocycles. The van der Waals surface area contributed by atoms with Crippen molar-refractivity contribution in [3.05, 3.63) is 54.4 Å². The first-order chi connectivity index (χ1) is 14.7. The van der Waals surface area contributed by atoms with Crippen LogP contribution in [0.15, 0.2) is 43.1 Å². The number of hydrogen-bond donors (Lipinski definition) is 1. The van der Waals surface area contributed by atoms with Gasteiger partial charge in [-0.05, 0) is 43.5 Å². The zero-order chi connectivity index (χ0) is 20.5. The highest BCUT2D eigenvalue weighted by atomic mass is 16.1. The van der Waals surface area contributed by atoms with Crippen molar-refractivity contribution in [3.8, 4) is 11.4 Å². The van der Waals surface area contributed by atoms with Crippen LogP contribution >= 0.6 is 0 Å². The van der Waals surface area contributed by atoms with E-state index < -0.39 is 0 Å². The standard InChI is InChI=1S/C21H22N8O/c1-28-13-20(26-27-28)19-7-14-6-17(23-9-15(14)10-24-19)8-21(30)16-11-25-29(12-16)18-2-4-22-5-3-18/h6-7,9-13,18,22H,2-5,8H2,1H3. The zero-order valence-corrected chi connectivity index (χ0v) is 16.7. The molecule has 1 aliphatic rings. The molecule has 1 fully saturated rings. The van der Waals surface area contributed by atoms with Crippen LogP contribution in [0, 0.1) is 0 Å². The van der Waals surface area contributed by atoms with E-state index in [1.54, 1.807) is 23.3 Å². The normalized spacial score (nSPS) is 15.0. The molecule has 9 nitrogen and oxygen atoms in total. The van der Waals surface area contributed by atoms with E-state index in [0.29, 0.717) is 17.3 Å². The lowest BCUT2D eigenvalue weighted by Crippen LogP contribution is -2.29. The second-order valence-electron chi connectivity index (χ2n) is 7.66. The number of rotatable bonds is 5. The summed E-state index contributed by atoms with van der Waals surface area (Å²) in [5.74, 6) is 0.0187. The Bertz CT molecular complexity index is 1200. The van der Waals surface area contributed by atoms with Gasteiger partial charge in [0.2, 0.25) is 0 Å². The maximum atomic E-state index is 12.8. The van der Waals surface area contributed by atoms with Gasteiger partial charge in [-0.1, -0.05) is 5.21 Å². The highest BCUT2D eigenvalue weighted by molar-refractivity contribution is 5.97. The number of carbonyl (C=O) groups is 1. The summed E-state index contributed by atoms with van der Waals surface area (Å²) in [4.78, 5) is 21.7. The van der Waals surface area contributed by atoms with Gasteiger partial charge in [-0.2, -0.15) is 5.10 Å². The molecular formula is C21H22N8O. The van der Waals surface area contributed by atoms with E-state index in [2.05, 4.69) is 30.7 Å². The highest BCUT2D eigenvalue weighted by Crippen LogP contribution is 2.22. The number of ketones is 1. The van der Waals surface area contributed by atoms with E-state index >= 15 is 0 Å². The quantitative estimate of drug-likeness (QED) is 0.509. The number of hydrogen-bond acceptors (Lipinski definition) is 7. The van der Waals surface area contributed by atoms with Crippen LogP contribution in [-0.4, -0.2) is 53.6 Å². The van der Waals surface area contributed by atoms with E-state index in [0.717, 1.165) is 48.1 Å². The van der Waals surface area contributed by atoms with Crippen LogP contribution in [0.1, 0.15) is 34.9 Å². The van der Waals surface area contributed by atoms with Crippen LogP contribution in [-0.2, 0) is 13.5 Å². The molecule has 0 spiro atoms. The maximum Gasteiger partial charge on any atom is 0.171 e. The molecule has 30 heavy (non-hydrogen) atoms. The van der Waals surface area contributed by atoms with Gasteiger partial charge < -0.3 is 5.32 Å². The molecule has 5 heterocycles. The molecule has 0 radical (unpaired) electrons. The Hall–Kier alpha value is -3.46. The van der Waals surface area contributed by atoms with Gasteiger partial charge in [-0.25, -0.2) is 0 Å². The summed E-state index contributed by atoms with van der Waals surface area (Å²) in [6, 6.07) is 4.24. The number of carbonyl (C=O) groups excluding carboxylic acids is 1. The van der Waals surface area contributed by atoms with E-state index in [1.165, 1.54) is 0 Å². The van der Waals surface area contributed by atoms with Gasteiger partial charge in [0, 0.05) is 36.7 Å². The van der Waals surface area contributed by atoms with Gasteiger partial charge in [-0.15, -0.1) is 5.10 Å². The lowest BCUT2D eigenvalue weighted by atomic mass is 10.1. The summed E-state index contributed by atoms with van der Waals surface area (Å²) >= 11 is 0. The third-order valence-corrected chi connectivity index (χ3v) is 5.47. The average molecular weight is 402 g/mol. The third kappa shape index (κ3) is 3.71. The minimum atomic E-state index is 0.0187. The van der Waals surface area contributed by atoms with Gasteiger partial charge >= 0.3 is 0 Å². The molecule has 1 saturated heterocycles. The van der Waals surface area contributed by atoms with Crippen LogP contribution in [0.5, 0.6) is 0 Å². The SMILES string of the molecule is Cn1cc(-c2cc3cc(CC(=O)c4cnn(C5CCNCC5)c4)ncc3cn2)nn1. The van der Waals surface area contributed by atoms with Gasteiger partial charge in [0.1, 0.15) is 5.69 Å². The van der Waals surface area contributed by atoms with Crippen molar-refractivity contribution in [2.45, 2.75) is 25.3 Å². The van der Waals surface area contributed by atoms with Crippen molar-refractivity contribution in [1.29, 1.82) is 0 Å². The molecule has 0 bridgehead atoms. The number of nitrogens with one attached hydrogen (secondary N) is 1. The second-order valence-corrected chi connectivity index (χ2v) is 7.66. The minimum absolute atomic E-state index is 0.0187. The molecule has 0 aromatic carbocycles. The monoisotopic (exact) mass is 402 g/mol. The Morgan fingerprint density at radius 3 is 2.70 bits per heavy atom. The number of Topliss-reactive ketones (excluding diaryl/α,β-unsaturated/α-hetero) is 1. The second kappa shape index (κ2) is 7.75. The summed E-state index contributed by atoms with van der Waals surface area (Å²) in [6.07, 6.45) is 11.2. The molecular weight excluding hydrogens is 380 g/mol. The third-order valence-electron chi connectivity index (χ3n) is 5.47. The fraction of sp³-hybridized carbons (Fsp3) is 0.333. The lowest BCUT2D eigenvalue weighted by Gasteiger charge is -2.22. The smallest absolute Gasteiger partial charge is 0.171 e. The molecule has 152 valence electrons. The van der Waals surface area contributed by atoms with E-state index in [1.807, 2.05) is 36.3 Å². The van der Waals surface area contributed by atoms with Crippen molar-refractivity contribution in [3.63, 3.8) is 0 Å². The number of aromatic nitrogens is 7. The largest absolute Gasteiger partial charge is 0.317 e. The Balaban J connectivity index is 1.35. The highest BCUT2D eigenvalue weighted by Gasteiger charge is 2.18. The van der Waals surface area contributed by atoms with Gasteiger partial charge in [0.25, 0.3) is 0 Å². The topological polar surface area (TPSA) is 103 Å². The van der Waals surface area contributed by atoms with Gasteiger partial charge in [0.05, 0.1) is 36.1 Å². The molecule has 4 aromatic rings. The van der Waals surface area contributed by atoms with Crippen molar-refractivity contribution in [1.82, 2.24) is 40.1 Å². The van der Waals surface area contributed by atoms with Crippen LogP contribution in [0.4, 0.5) is 0 Å². The zero-order valence-electron chi connectivity index (χ0n) is 16.7. The molecule has 0 saturated carbocycles. The Morgan fingerprint density at radius 1 is 1.07 bits per heavy atom. The number of fused-ring (bicyclic) bond motifs is 1. The fourth-order valence-corrected chi connectivity index (χ4v) is 3.80. The van der Waals surface area contributed by atoms with Crippen molar-refractivity contribution < 1.29 is 4.79 Å². The predicted octanol–water partition coefficient (Wildman–Crippen LogP) is 1.97. The van der Waals surface area contributed by atoms with Crippen LogP contribution in [0.2, 0.25) is 0 Å². The molecule has 5 rings (SSSR count). The van der Waals surface area contributed by atoms with E-state index in [-0.39, 0.29) is 12.2 Å². The summed E-state index contributed by atoms with van der Waals surface area (Å²) in [5.41, 5.74) is 2.80.